The van der Waals surface area contributed by atoms with Gasteiger partial charge in [0.1, 0.15) is 0 Å². The quantitative estimate of drug-likeness (QED) is 0.603. The summed E-state index contributed by atoms with van der Waals surface area (Å²) in [5.41, 5.74) is 0.0726. The van der Waals surface area contributed by atoms with Gasteiger partial charge in [0.25, 0.3) is 0 Å². The number of amides is 1. The van der Waals surface area contributed by atoms with Crippen molar-refractivity contribution in [3.05, 3.63) is 29.8 Å². The third kappa shape index (κ3) is 2.21. The molecule has 1 fully saturated rings. The normalized spacial score (nSPS) is 27.4. The molecule has 1 saturated heterocycles. The molecule has 3 rings (SSSR count). The number of fused-ring (bicyclic) bond motifs is 1. The van der Waals surface area contributed by atoms with Gasteiger partial charge in [-0.1, -0.05) is 0 Å². The van der Waals surface area contributed by atoms with Crippen molar-refractivity contribution in [3.8, 4) is 5.75 Å². The number of carbonyl (C=O) groups excluding carboxylic acids is 1. The van der Waals surface area contributed by atoms with Crippen LogP contribution in [0.2, 0.25) is 0 Å². The second-order valence-electron chi connectivity index (χ2n) is 4.79. The summed E-state index contributed by atoms with van der Waals surface area (Å²) in [6.45, 7) is 0.518. The zero-order chi connectivity index (χ0) is 13.5. The van der Waals surface area contributed by atoms with Crippen molar-refractivity contribution in [1.29, 1.82) is 0 Å². The Kier molecular flexibility index (Phi) is 3.19. The summed E-state index contributed by atoms with van der Waals surface area (Å²) in [5.74, 6) is 0.0468. The molecule has 2 aliphatic heterocycles. The van der Waals surface area contributed by atoms with Gasteiger partial charge in [-0.15, -0.1) is 0 Å². The zero-order valence-corrected chi connectivity index (χ0v) is 11.3. The van der Waals surface area contributed by atoms with Crippen LogP contribution < -0.4 is 4.52 Å². The van der Waals surface area contributed by atoms with Gasteiger partial charge in [-0.25, -0.2) is 0 Å². The third-order valence-electron chi connectivity index (χ3n) is 3.52. The number of piperidine rings is 1. The number of carbonyl (C=O) groups is 1. The number of hydrogen-bond donors (Lipinski definition) is 2. The summed E-state index contributed by atoms with van der Waals surface area (Å²) in [4.78, 5) is 22.5. The summed E-state index contributed by atoms with van der Waals surface area (Å²) in [6, 6.07) is 7.27. The monoisotopic (exact) mass is 285 g/mol. The van der Waals surface area contributed by atoms with E-state index in [0.717, 1.165) is 5.56 Å². The molecular formula is C12H16NO5P. The van der Waals surface area contributed by atoms with Crippen LogP contribution in [0.5, 0.6) is 5.75 Å². The summed E-state index contributed by atoms with van der Waals surface area (Å²) in [7, 11) is -3.64. The Morgan fingerprint density at radius 1 is 1.37 bits per heavy atom. The molecule has 2 heterocycles. The average molecular weight is 285 g/mol. The van der Waals surface area contributed by atoms with E-state index in [0.29, 0.717) is 23.7 Å². The fourth-order valence-corrected chi connectivity index (χ4v) is 4.77. The summed E-state index contributed by atoms with van der Waals surface area (Å²) in [6.07, 6.45) is 1.09. The maximum atomic E-state index is 11.9. The second-order valence-corrected chi connectivity index (χ2v) is 7.24. The van der Waals surface area contributed by atoms with E-state index in [1.165, 1.54) is 0 Å². The van der Waals surface area contributed by atoms with Crippen molar-refractivity contribution >= 4 is 13.9 Å². The van der Waals surface area contributed by atoms with Crippen LogP contribution in [0.25, 0.3) is 0 Å². The van der Waals surface area contributed by atoms with Crippen LogP contribution >= 0.6 is 7.94 Å². The molecule has 0 bridgehead atoms. The van der Waals surface area contributed by atoms with Crippen molar-refractivity contribution in [3.63, 3.8) is 0 Å². The van der Waals surface area contributed by atoms with Crippen LogP contribution in [0.3, 0.4) is 0 Å². The van der Waals surface area contributed by atoms with E-state index in [1.807, 2.05) is 12.1 Å². The van der Waals surface area contributed by atoms with Gasteiger partial charge in [-0.05, 0) is 0 Å². The molecule has 2 aliphatic rings. The SMILES string of the molecule is O=C1[C@@H]([PH]2(O)OCc3ccccc3O2)CCCN1O. The summed E-state index contributed by atoms with van der Waals surface area (Å²) < 4.78 is 11.1. The third-order valence-corrected chi connectivity index (χ3v) is 6.01. The standard InChI is InChI=1S/C12H16NO5P/c14-12-11(6-3-7-13(12)15)19(16)17-8-9-4-1-2-5-10(9)18-19/h1-2,4-5,11,15-16,19H,3,6-8H2/t11-/m0/s1. The Labute approximate surface area is 111 Å². The van der Waals surface area contributed by atoms with Gasteiger partial charge in [0.2, 0.25) is 0 Å². The summed E-state index contributed by atoms with van der Waals surface area (Å²) in [5, 5.41) is 10.1. The molecule has 0 saturated carbocycles. The molecule has 6 nitrogen and oxygen atoms in total. The van der Waals surface area contributed by atoms with Crippen LogP contribution in [0.4, 0.5) is 0 Å². The van der Waals surface area contributed by atoms with Crippen LogP contribution in [-0.2, 0) is 15.9 Å². The van der Waals surface area contributed by atoms with E-state index in [4.69, 9.17) is 9.05 Å². The minimum absolute atomic E-state index is 0.230. The number of hydrogen-bond acceptors (Lipinski definition) is 5. The predicted molar refractivity (Wildman–Crippen MR) is 68.9 cm³/mol. The molecule has 0 aliphatic carbocycles. The second kappa shape index (κ2) is 4.72. The molecule has 1 amide bonds. The molecule has 1 aromatic carbocycles. The minimum atomic E-state index is -3.64. The van der Waals surface area contributed by atoms with Crippen LogP contribution in [0, 0.1) is 0 Å². The first-order valence-electron chi connectivity index (χ1n) is 6.24. The van der Waals surface area contributed by atoms with Crippen molar-refractivity contribution in [1.82, 2.24) is 5.06 Å². The molecule has 19 heavy (non-hydrogen) atoms. The molecule has 0 spiro atoms. The van der Waals surface area contributed by atoms with E-state index in [1.54, 1.807) is 12.1 Å². The summed E-state index contributed by atoms with van der Waals surface area (Å²) >= 11 is 0. The fourth-order valence-electron chi connectivity index (χ4n) is 2.46. The molecule has 2 N–H and O–H groups in total. The number of rotatable bonds is 1. The fraction of sp³-hybridized carbons (Fsp3) is 0.417. The molecule has 104 valence electrons. The van der Waals surface area contributed by atoms with Gasteiger partial charge < -0.3 is 0 Å². The molecule has 0 radical (unpaired) electrons. The Morgan fingerprint density at radius 3 is 3.00 bits per heavy atom. The number of nitrogens with zero attached hydrogens (tertiary/aromatic N) is 1. The maximum absolute atomic E-state index is 11.9. The number of benzene rings is 1. The van der Waals surface area contributed by atoms with Gasteiger partial charge in [0.05, 0.1) is 0 Å². The van der Waals surface area contributed by atoms with Crippen molar-refractivity contribution < 1.29 is 23.9 Å². The van der Waals surface area contributed by atoms with Gasteiger partial charge >= 0.3 is 110 Å². The van der Waals surface area contributed by atoms with Gasteiger partial charge in [0.15, 0.2) is 0 Å². The van der Waals surface area contributed by atoms with Gasteiger partial charge in [-0.3, -0.25) is 0 Å². The Balaban J connectivity index is 1.87. The average Bonchev–Trinajstić information content (AvgIpc) is 2.41. The molecule has 1 aromatic rings. The molecule has 0 aromatic heterocycles. The van der Waals surface area contributed by atoms with E-state index >= 15 is 0 Å². The van der Waals surface area contributed by atoms with Crippen LogP contribution in [0.15, 0.2) is 24.3 Å². The first kappa shape index (κ1) is 12.8. The van der Waals surface area contributed by atoms with E-state index < -0.39 is 19.5 Å². The van der Waals surface area contributed by atoms with Crippen LogP contribution in [0.1, 0.15) is 18.4 Å². The van der Waals surface area contributed by atoms with E-state index in [2.05, 4.69) is 0 Å². The molecule has 1 atom stereocenters. The Bertz CT molecular complexity index is 511. The van der Waals surface area contributed by atoms with Crippen molar-refractivity contribution in [2.24, 2.45) is 0 Å². The van der Waals surface area contributed by atoms with Crippen molar-refractivity contribution in [2.75, 3.05) is 6.54 Å². The zero-order valence-electron chi connectivity index (χ0n) is 10.3. The molecule has 7 heteroatoms. The predicted octanol–water partition coefficient (Wildman–Crippen LogP) is 1.46. The number of hydroxylamine groups is 2. The van der Waals surface area contributed by atoms with Gasteiger partial charge in [0, 0.05) is 0 Å². The first-order valence-corrected chi connectivity index (χ1v) is 8.08. The molecule has 0 unspecified atom stereocenters. The Morgan fingerprint density at radius 2 is 2.16 bits per heavy atom. The van der Waals surface area contributed by atoms with E-state index in [-0.39, 0.29) is 13.2 Å². The Hall–Kier alpha value is -1.20. The first-order chi connectivity index (χ1) is 9.10. The van der Waals surface area contributed by atoms with Gasteiger partial charge in [-0.2, -0.15) is 0 Å². The number of para-hydroxylation sites is 1. The van der Waals surface area contributed by atoms with Crippen LogP contribution in [-0.4, -0.2) is 33.3 Å². The van der Waals surface area contributed by atoms with Crippen molar-refractivity contribution in [2.45, 2.75) is 25.1 Å². The van der Waals surface area contributed by atoms with E-state index in [9.17, 15) is 14.9 Å². The topological polar surface area (TPSA) is 79.2 Å². The molecular weight excluding hydrogens is 269 g/mol.